The van der Waals surface area contributed by atoms with Crippen LogP contribution in [0.2, 0.25) is 0 Å². The number of carbonyl (C=O) groups excluding carboxylic acids is 2. The Hall–Kier alpha value is -2.54. The molecule has 134 valence electrons. The summed E-state index contributed by atoms with van der Waals surface area (Å²) in [6.45, 7) is 0. The Morgan fingerprint density at radius 1 is 1.15 bits per heavy atom. The zero-order valence-corrected chi connectivity index (χ0v) is 15.1. The van der Waals surface area contributed by atoms with Gasteiger partial charge in [0.15, 0.2) is 5.17 Å². The van der Waals surface area contributed by atoms with Crippen molar-refractivity contribution in [2.24, 2.45) is 4.99 Å². The van der Waals surface area contributed by atoms with E-state index >= 15 is 0 Å². The van der Waals surface area contributed by atoms with E-state index in [0.717, 1.165) is 47.8 Å². The van der Waals surface area contributed by atoms with Gasteiger partial charge in [-0.1, -0.05) is 48.9 Å². The number of benzene rings is 2. The van der Waals surface area contributed by atoms with Gasteiger partial charge in [-0.25, -0.2) is 9.79 Å². The minimum Gasteiger partial charge on any atom is -0.335 e. The molecule has 1 aliphatic carbocycles. The van der Waals surface area contributed by atoms with Gasteiger partial charge in [-0.3, -0.25) is 10.1 Å². The molecule has 0 aromatic heterocycles. The number of nitrogens with zero attached hydrogens (tertiary/aromatic N) is 1. The van der Waals surface area contributed by atoms with E-state index in [0.29, 0.717) is 5.17 Å². The molecular weight excluding hydrogens is 348 g/mol. The van der Waals surface area contributed by atoms with Crippen LogP contribution in [0.5, 0.6) is 0 Å². The second-order valence-corrected chi connectivity index (χ2v) is 7.48. The van der Waals surface area contributed by atoms with E-state index in [9.17, 15) is 9.59 Å². The molecule has 3 amide bonds. The van der Waals surface area contributed by atoms with Crippen LogP contribution in [0.3, 0.4) is 0 Å². The Balaban J connectivity index is 1.35. The van der Waals surface area contributed by atoms with Crippen molar-refractivity contribution in [3.63, 3.8) is 0 Å². The van der Waals surface area contributed by atoms with Gasteiger partial charge < -0.3 is 10.6 Å². The Labute approximate surface area is 155 Å². The number of rotatable bonds is 3. The van der Waals surface area contributed by atoms with Crippen molar-refractivity contribution >= 4 is 51.0 Å². The number of hydrogen-bond acceptors (Lipinski definition) is 5. The average Bonchev–Trinajstić information content (AvgIpc) is 3.13. The number of urea groups is 1. The first kappa shape index (κ1) is 16.9. The summed E-state index contributed by atoms with van der Waals surface area (Å²) in [6.07, 6.45) is 4.24. The summed E-state index contributed by atoms with van der Waals surface area (Å²) in [6, 6.07) is 11.8. The molecule has 1 aliphatic heterocycles. The fraction of sp³-hybridized carbons (Fsp3) is 0.316. The van der Waals surface area contributed by atoms with E-state index in [1.54, 1.807) is 0 Å². The lowest BCUT2D eigenvalue weighted by atomic mass is 10.1. The molecular formula is C19H20N4O2S. The minimum absolute atomic E-state index is 0.127. The largest absolute Gasteiger partial charge is 0.335 e. The lowest BCUT2D eigenvalue weighted by Gasteiger charge is -2.18. The number of nitrogens with one attached hydrogen (secondary N) is 3. The highest BCUT2D eigenvalue weighted by molar-refractivity contribution is 8.14. The SMILES string of the molecule is O=C(CSC1=Nc2cccc3cccc(c23)N1)NC(=O)NC1CCCC1. The van der Waals surface area contributed by atoms with E-state index in [1.165, 1.54) is 11.8 Å². The van der Waals surface area contributed by atoms with Gasteiger partial charge in [-0.2, -0.15) is 0 Å². The fourth-order valence-electron chi connectivity index (χ4n) is 3.43. The number of amides is 3. The van der Waals surface area contributed by atoms with Gasteiger partial charge in [-0.15, -0.1) is 0 Å². The molecule has 0 bridgehead atoms. The van der Waals surface area contributed by atoms with Gasteiger partial charge in [0.2, 0.25) is 5.91 Å². The van der Waals surface area contributed by atoms with Gasteiger partial charge in [0.1, 0.15) is 0 Å². The molecule has 3 N–H and O–H groups in total. The van der Waals surface area contributed by atoms with Crippen LogP contribution in [-0.2, 0) is 4.79 Å². The van der Waals surface area contributed by atoms with E-state index < -0.39 is 6.03 Å². The summed E-state index contributed by atoms with van der Waals surface area (Å²) in [7, 11) is 0. The fourth-order valence-corrected chi connectivity index (χ4v) is 4.11. The zero-order chi connectivity index (χ0) is 17.9. The highest BCUT2D eigenvalue weighted by Crippen LogP contribution is 2.36. The molecule has 2 aromatic carbocycles. The van der Waals surface area contributed by atoms with Crippen LogP contribution in [-0.4, -0.2) is 28.9 Å². The number of imide groups is 1. The van der Waals surface area contributed by atoms with Crippen LogP contribution in [0, 0.1) is 0 Å². The number of thioether (sulfide) groups is 1. The van der Waals surface area contributed by atoms with E-state index in [2.05, 4.69) is 20.9 Å². The van der Waals surface area contributed by atoms with Crippen molar-refractivity contribution in [2.75, 3.05) is 11.1 Å². The quantitative estimate of drug-likeness (QED) is 0.770. The third-order valence-electron chi connectivity index (χ3n) is 4.63. The maximum absolute atomic E-state index is 12.0. The van der Waals surface area contributed by atoms with E-state index in [-0.39, 0.29) is 17.7 Å². The maximum Gasteiger partial charge on any atom is 0.321 e. The van der Waals surface area contributed by atoms with Crippen molar-refractivity contribution in [3.8, 4) is 0 Å². The first-order valence-corrected chi connectivity index (χ1v) is 9.78. The topological polar surface area (TPSA) is 82.6 Å². The lowest BCUT2D eigenvalue weighted by Crippen LogP contribution is -2.44. The highest BCUT2D eigenvalue weighted by Gasteiger charge is 2.19. The van der Waals surface area contributed by atoms with Crippen LogP contribution >= 0.6 is 11.8 Å². The predicted octanol–water partition coefficient (Wildman–Crippen LogP) is 3.75. The zero-order valence-electron chi connectivity index (χ0n) is 14.2. The van der Waals surface area contributed by atoms with Crippen molar-refractivity contribution in [1.29, 1.82) is 0 Å². The number of anilines is 1. The predicted molar refractivity (Wildman–Crippen MR) is 106 cm³/mol. The van der Waals surface area contributed by atoms with Gasteiger partial charge in [0.05, 0.1) is 17.1 Å². The van der Waals surface area contributed by atoms with Crippen LogP contribution in [0.25, 0.3) is 10.8 Å². The average molecular weight is 368 g/mol. The molecule has 6 nitrogen and oxygen atoms in total. The van der Waals surface area contributed by atoms with Crippen LogP contribution in [0.15, 0.2) is 41.4 Å². The number of carbonyl (C=O) groups is 2. The molecule has 1 fully saturated rings. The van der Waals surface area contributed by atoms with Crippen molar-refractivity contribution < 1.29 is 9.59 Å². The monoisotopic (exact) mass is 368 g/mol. The molecule has 0 spiro atoms. The van der Waals surface area contributed by atoms with E-state index in [1.807, 2.05) is 36.4 Å². The molecule has 1 heterocycles. The molecule has 2 aromatic rings. The molecule has 1 saturated carbocycles. The van der Waals surface area contributed by atoms with Crippen molar-refractivity contribution in [1.82, 2.24) is 10.6 Å². The molecule has 26 heavy (non-hydrogen) atoms. The van der Waals surface area contributed by atoms with Crippen LogP contribution in [0.1, 0.15) is 25.7 Å². The van der Waals surface area contributed by atoms with Gasteiger partial charge >= 0.3 is 6.03 Å². The third-order valence-corrected chi connectivity index (χ3v) is 5.50. The molecule has 7 heteroatoms. The highest BCUT2D eigenvalue weighted by atomic mass is 32.2. The summed E-state index contributed by atoms with van der Waals surface area (Å²) in [4.78, 5) is 28.5. The lowest BCUT2D eigenvalue weighted by molar-refractivity contribution is -0.117. The Morgan fingerprint density at radius 3 is 2.73 bits per heavy atom. The Morgan fingerprint density at radius 2 is 1.92 bits per heavy atom. The second kappa shape index (κ2) is 7.37. The molecule has 0 unspecified atom stereocenters. The van der Waals surface area contributed by atoms with Gasteiger partial charge in [0.25, 0.3) is 0 Å². The van der Waals surface area contributed by atoms with Crippen molar-refractivity contribution in [2.45, 2.75) is 31.7 Å². The first-order chi connectivity index (χ1) is 12.7. The summed E-state index contributed by atoms with van der Waals surface area (Å²) in [5, 5.41) is 11.4. The first-order valence-electron chi connectivity index (χ1n) is 8.80. The second-order valence-electron chi connectivity index (χ2n) is 6.51. The summed E-state index contributed by atoms with van der Waals surface area (Å²) < 4.78 is 0. The van der Waals surface area contributed by atoms with Gasteiger partial charge in [-0.05, 0) is 30.4 Å². The third kappa shape index (κ3) is 3.67. The molecule has 0 saturated heterocycles. The Kier molecular flexibility index (Phi) is 4.79. The Bertz CT molecular complexity index is 885. The summed E-state index contributed by atoms with van der Waals surface area (Å²) >= 11 is 1.28. The minimum atomic E-state index is -0.406. The molecule has 0 atom stereocenters. The summed E-state index contributed by atoms with van der Waals surface area (Å²) in [5.74, 6) is -0.200. The number of aliphatic imine (C=N–C) groups is 1. The normalized spacial score (nSPS) is 16.1. The number of hydrogen-bond donors (Lipinski definition) is 3. The van der Waals surface area contributed by atoms with Crippen molar-refractivity contribution in [3.05, 3.63) is 36.4 Å². The standard InChI is InChI=1S/C19H20N4O2S/c24-16(23-18(25)20-13-7-1-2-8-13)11-26-19-21-14-9-3-5-12-6-4-10-15(22-19)17(12)14/h3-6,9-10,13H,1-2,7-8,11H2,(H,21,22)(H2,20,23,24,25). The number of amidine groups is 1. The van der Waals surface area contributed by atoms with Gasteiger partial charge in [0, 0.05) is 11.4 Å². The molecule has 2 aliphatic rings. The smallest absolute Gasteiger partial charge is 0.321 e. The molecule has 0 radical (unpaired) electrons. The maximum atomic E-state index is 12.0. The van der Waals surface area contributed by atoms with Crippen LogP contribution < -0.4 is 16.0 Å². The van der Waals surface area contributed by atoms with E-state index in [4.69, 9.17) is 0 Å². The summed E-state index contributed by atoms with van der Waals surface area (Å²) in [5.41, 5.74) is 1.87. The van der Waals surface area contributed by atoms with Crippen LogP contribution in [0.4, 0.5) is 16.2 Å². The molecule has 4 rings (SSSR count).